The zero-order valence-electron chi connectivity index (χ0n) is 27.6. The van der Waals surface area contributed by atoms with Crippen molar-refractivity contribution < 1.29 is 37.6 Å². The normalized spacial score (nSPS) is 14.0. The molecule has 0 aromatic heterocycles. The van der Waals surface area contributed by atoms with Crippen LogP contribution in [0.4, 0.5) is 0 Å². The first kappa shape index (κ1) is 42.2. The van der Waals surface area contributed by atoms with Gasteiger partial charge in [0.05, 0.1) is 13.2 Å². The lowest BCUT2D eigenvalue weighted by molar-refractivity contribution is -0.161. The van der Waals surface area contributed by atoms with Crippen molar-refractivity contribution in [2.45, 2.75) is 142 Å². The first-order valence-corrected chi connectivity index (χ1v) is 18.5. The molecule has 256 valence electrons. The smallest absolute Gasteiger partial charge is 0.462 e. The van der Waals surface area contributed by atoms with Gasteiger partial charge in [0.15, 0.2) is 6.10 Å². The molecule has 0 aliphatic heterocycles. The summed E-state index contributed by atoms with van der Waals surface area (Å²) in [6.45, 7) is 3.53. The van der Waals surface area contributed by atoms with Crippen molar-refractivity contribution in [2.24, 2.45) is 5.73 Å². The average Bonchev–Trinajstić information content (AvgIpc) is 3.00. The number of nitrogens with two attached hydrogens (primary N) is 1. The van der Waals surface area contributed by atoms with Gasteiger partial charge in [-0.3, -0.25) is 18.6 Å². The monoisotopic (exact) mass is 643 g/mol. The third-order valence-electron chi connectivity index (χ3n) is 6.79. The van der Waals surface area contributed by atoms with Gasteiger partial charge in [0, 0.05) is 19.4 Å². The lowest BCUT2D eigenvalue weighted by atomic mass is 10.1. The van der Waals surface area contributed by atoms with Gasteiger partial charge in [-0.25, -0.2) is 4.57 Å². The van der Waals surface area contributed by atoms with Gasteiger partial charge in [-0.2, -0.15) is 0 Å². The molecular formula is C34H62NO8P. The first-order chi connectivity index (χ1) is 21.3. The molecule has 0 saturated heterocycles. The van der Waals surface area contributed by atoms with Crippen molar-refractivity contribution in [3.63, 3.8) is 0 Å². The van der Waals surface area contributed by atoms with Crippen LogP contribution in [0.25, 0.3) is 0 Å². The van der Waals surface area contributed by atoms with Gasteiger partial charge in [0.2, 0.25) is 0 Å². The van der Waals surface area contributed by atoms with Crippen LogP contribution in [0, 0.1) is 0 Å². The van der Waals surface area contributed by atoms with E-state index in [2.05, 4.69) is 50.3 Å². The summed E-state index contributed by atoms with van der Waals surface area (Å²) in [4.78, 5) is 34.5. The van der Waals surface area contributed by atoms with Crippen molar-refractivity contribution >= 4 is 19.8 Å². The molecule has 0 aliphatic rings. The van der Waals surface area contributed by atoms with Crippen LogP contribution >= 0.6 is 7.82 Å². The van der Waals surface area contributed by atoms with Gasteiger partial charge in [-0.1, -0.05) is 115 Å². The number of unbranched alkanes of at least 4 members (excludes halogenated alkanes) is 12. The minimum atomic E-state index is -4.37. The number of rotatable bonds is 31. The molecule has 0 heterocycles. The largest absolute Gasteiger partial charge is 0.472 e. The molecule has 1 unspecified atom stereocenters. The molecule has 0 fully saturated rings. The number of carbonyl (C=O) groups is 2. The van der Waals surface area contributed by atoms with E-state index < -0.39 is 32.5 Å². The minimum Gasteiger partial charge on any atom is -0.462 e. The molecule has 0 saturated carbocycles. The Labute approximate surface area is 267 Å². The van der Waals surface area contributed by atoms with E-state index in [1.165, 1.54) is 32.1 Å². The van der Waals surface area contributed by atoms with Crippen LogP contribution < -0.4 is 5.73 Å². The lowest BCUT2D eigenvalue weighted by Crippen LogP contribution is -2.29. The second-order valence-corrected chi connectivity index (χ2v) is 12.5. The van der Waals surface area contributed by atoms with Crippen molar-refractivity contribution in [2.75, 3.05) is 26.4 Å². The average molecular weight is 644 g/mol. The molecule has 9 nitrogen and oxygen atoms in total. The number of hydrogen-bond donors (Lipinski definition) is 2. The molecule has 0 radical (unpaired) electrons. The van der Waals surface area contributed by atoms with Crippen LogP contribution in [0.1, 0.15) is 136 Å². The van der Waals surface area contributed by atoms with Gasteiger partial charge in [0.25, 0.3) is 0 Å². The van der Waals surface area contributed by atoms with E-state index in [1.54, 1.807) is 0 Å². The third kappa shape index (κ3) is 30.3. The van der Waals surface area contributed by atoms with Gasteiger partial charge in [-0.15, -0.1) is 0 Å². The molecule has 44 heavy (non-hydrogen) atoms. The predicted molar refractivity (Wildman–Crippen MR) is 178 cm³/mol. The summed E-state index contributed by atoms with van der Waals surface area (Å²) in [5, 5.41) is 0. The van der Waals surface area contributed by atoms with E-state index in [9.17, 15) is 19.0 Å². The molecular weight excluding hydrogens is 581 g/mol. The summed E-state index contributed by atoms with van der Waals surface area (Å²) in [7, 11) is -4.37. The van der Waals surface area contributed by atoms with Gasteiger partial charge < -0.3 is 20.1 Å². The SMILES string of the molecule is CC/C=C/C/C=C/C/C=C/CCCCCCCC(=O)O[C@H](COC(=O)CCCCCCCCCC)COP(=O)(O)OCCN. The quantitative estimate of drug-likeness (QED) is 0.0329. The van der Waals surface area contributed by atoms with Crippen molar-refractivity contribution in [1.29, 1.82) is 0 Å². The van der Waals surface area contributed by atoms with E-state index in [1.807, 2.05) is 0 Å². The Balaban J connectivity index is 4.30. The van der Waals surface area contributed by atoms with Gasteiger partial charge in [-0.05, 0) is 44.9 Å². The molecule has 3 N–H and O–H groups in total. The van der Waals surface area contributed by atoms with E-state index in [4.69, 9.17) is 24.3 Å². The van der Waals surface area contributed by atoms with Crippen molar-refractivity contribution in [1.82, 2.24) is 0 Å². The number of phosphoric ester groups is 1. The topological polar surface area (TPSA) is 134 Å². The van der Waals surface area contributed by atoms with Crippen LogP contribution in [0.3, 0.4) is 0 Å². The Morgan fingerprint density at radius 3 is 1.86 bits per heavy atom. The molecule has 0 amide bonds. The van der Waals surface area contributed by atoms with Crippen LogP contribution in [0.15, 0.2) is 36.5 Å². The van der Waals surface area contributed by atoms with Crippen LogP contribution in [-0.4, -0.2) is 49.3 Å². The Morgan fingerprint density at radius 2 is 1.25 bits per heavy atom. The maximum Gasteiger partial charge on any atom is 0.472 e. The Morgan fingerprint density at radius 1 is 0.705 bits per heavy atom. The van der Waals surface area contributed by atoms with Gasteiger partial charge >= 0.3 is 19.8 Å². The zero-order valence-corrected chi connectivity index (χ0v) is 28.5. The van der Waals surface area contributed by atoms with Crippen molar-refractivity contribution in [3.05, 3.63) is 36.5 Å². The molecule has 0 bridgehead atoms. The van der Waals surface area contributed by atoms with E-state index in [-0.39, 0.29) is 32.6 Å². The second kappa shape index (κ2) is 31.2. The number of ether oxygens (including phenoxy) is 2. The van der Waals surface area contributed by atoms with Gasteiger partial charge in [0.1, 0.15) is 6.61 Å². The highest BCUT2D eigenvalue weighted by Crippen LogP contribution is 2.43. The molecule has 0 aromatic carbocycles. The Hall–Kier alpha value is -1.77. The van der Waals surface area contributed by atoms with Crippen molar-refractivity contribution in [3.8, 4) is 0 Å². The highest BCUT2D eigenvalue weighted by atomic mass is 31.2. The summed E-state index contributed by atoms with van der Waals surface area (Å²) in [6, 6.07) is 0. The lowest BCUT2D eigenvalue weighted by Gasteiger charge is -2.19. The fourth-order valence-electron chi connectivity index (χ4n) is 4.29. The summed E-state index contributed by atoms with van der Waals surface area (Å²) in [5.74, 6) is -0.857. The highest BCUT2D eigenvalue weighted by Gasteiger charge is 2.25. The molecule has 10 heteroatoms. The summed E-state index contributed by atoms with van der Waals surface area (Å²) < 4.78 is 32.5. The summed E-state index contributed by atoms with van der Waals surface area (Å²) in [6.07, 6.45) is 30.4. The molecule has 0 rings (SSSR count). The molecule has 0 spiro atoms. The number of phosphoric acid groups is 1. The number of esters is 2. The number of allylic oxidation sites excluding steroid dienone is 6. The first-order valence-electron chi connectivity index (χ1n) is 17.0. The number of carbonyl (C=O) groups excluding carboxylic acids is 2. The van der Waals surface area contributed by atoms with Crippen LogP contribution in [0.5, 0.6) is 0 Å². The van der Waals surface area contributed by atoms with E-state index >= 15 is 0 Å². The summed E-state index contributed by atoms with van der Waals surface area (Å²) in [5.41, 5.74) is 5.31. The standard InChI is InChI=1S/C34H62NO8P/c1-3-5-7-9-11-13-14-15-16-17-18-19-21-23-25-27-34(37)43-32(31-42-44(38,39)41-29-28-35)30-40-33(36)26-24-22-20-12-10-8-6-4-2/h5,7,11,13,15-16,32H,3-4,6,8-10,12,14,17-31,35H2,1-2H3,(H,38,39)/b7-5+,13-11+,16-15+/t32-/m1/s1. The fourth-order valence-corrected chi connectivity index (χ4v) is 5.06. The van der Waals surface area contributed by atoms with E-state index in [0.29, 0.717) is 6.42 Å². The maximum atomic E-state index is 12.5. The Kier molecular flexibility index (Phi) is 30.0. The summed E-state index contributed by atoms with van der Waals surface area (Å²) >= 11 is 0. The third-order valence-corrected chi connectivity index (χ3v) is 7.77. The number of hydrogen-bond acceptors (Lipinski definition) is 8. The molecule has 0 aliphatic carbocycles. The molecule has 2 atom stereocenters. The van der Waals surface area contributed by atoms with Crippen LogP contribution in [-0.2, 0) is 32.7 Å². The highest BCUT2D eigenvalue weighted by molar-refractivity contribution is 7.47. The van der Waals surface area contributed by atoms with Crippen LogP contribution in [0.2, 0.25) is 0 Å². The second-order valence-electron chi connectivity index (χ2n) is 11.0. The maximum absolute atomic E-state index is 12.5. The predicted octanol–water partition coefficient (Wildman–Crippen LogP) is 8.65. The van der Waals surface area contributed by atoms with E-state index in [0.717, 1.165) is 70.6 Å². The minimum absolute atomic E-state index is 0.0500. The zero-order chi connectivity index (χ0) is 32.6. The Bertz CT molecular complexity index is 830. The molecule has 0 aromatic rings. The fraction of sp³-hybridized carbons (Fsp3) is 0.765.